The zero-order valence-corrected chi connectivity index (χ0v) is 17.4. The molecule has 8 heteroatoms. The van der Waals surface area contributed by atoms with Crippen molar-refractivity contribution in [3.63, 3.8) is 0 Å². The molecule has 1 unspecified atom stereocenters. The second kappa shape index (κ2) is 7.61. The maximum atomic E-state index is 13.1. The molecule has 0 aliphatic carbocycles. The van der Waals surface area contributed by atoms with Crippen molar-refractivity contribution in [1.29, 1.82) is 0 Å². The molecular weight excluding hydrogens is 390 g/mol. The highest BCUT2D eigenvalue weighted by Gasteiger charge is 2.35. The van der Waals surface area contributed by atoms with E-state index in [-0.39, 0.29) is 6.10 Å². The second-order valence-electron chi connectivity index (χ2n) is 7.30. The van der Waals surface area contributed by atoms with Crippen molar-refractivity contribution in [2.75, 3.05) is 13.1 Å². The zero-order chi connectivity index (χ0) is 20.6. The van der Waals surface area contributed by atoms with E-state index in [0.29, 0.717) is 47.4 Å². The first-order chi connectivity index (χ1) is 13.8. The van der Waals surface area contributed by atoms with E-state index in [9.17, 15) is 8.42 Å². The number of aryl methyl sites for hydroxylation is 3. The highest BCUT2D eigenvalue weighted by molar-refractivity contribution is 7.89. The molecule has 7 nitrogen and oxygen atoms in total. The Labute approximate surface area is 170 Å². The Morgan fingerprint density at radius 1 is 1.14 bits per heavy atom. The van der Waals surface area contributed by atoms with Gasteiger partial charge in [-0.25, -0.2) is 8.42 Å². The van der Waals surface area contributed by atoms with Gasteiger partial charge in [0.25, 0.3) is 5.89 Å². The first-order valence-corrected chi connectivity index (χ1v) is 10.9. The van der Waals surface area contributed by atoms with Crippen LogP contribution in [-0.4, -0.2) is 42.1 Å². The van der Waals surface area contributed by atoms with Crippen LogP contribution in [0, 0.1) is 20.8 Å². The van der Waals surface area contributed by atoms with Crippen molar-refractivity contribution in [2.45, 2.75) is 38.2 Å². The summed E-state index contributed by atoms with van der Waals surface area (Å²) in [6.45, 7) is 6.18. The van der Waals surface area contributed by atoms with Crippen LogP contribution in [0.15, 0.2) is 51.9 Å². The number of para-hydroxylation sites is 1. The molecule has 2 heterocycles. The van der Waals surface area contributed by atoms with Crippen LogP contribution in [0.4, 0.5) is 0 Å². The van der Waals surface area contributed by atoms with Gasteiger partial charge in [-0.05, 0) is 56.5 Å². The molecule has 29 heavy (non-hydrogen) atoms. The first-order valence-electron chi connectivity index (χ1n) is 9.48. The van der Waals surface area contributed by atoms with Crippen molar-refractivity contribution >= 4 is 10.0 Å². The maximum absolute atomic E-state index is 13.1. The molecule has 1 atom stereocenters. The lowest BCUT2D eigenvalue weighted by Crippen LogP contribution is -2.31. The van der Waals surface area contributed by atoms with Gasteiger partial charge in [-0.1, -0.05) is 29.4 Å². The number of benzene rings is 2. The lowest BCUT2D eigenvalue weighted by molar-refractivity contribution is 0.216. The fourth-order valence-corrected chi connectivity index (χ4v) is 5.26. The van der Waals surface area contributed by atoms with Crippen LogP contribution in [-0.2, 0) is 10.0 Å². The van der Waals surface area contributed by atoms with Gasteiger partial charge >= 0.3 is 0 Å². The number of ether oxygens (including phenoxy) is 1. The minimum Gasteiger partial charge on any atom is -0.488 e. The van der Waals surface area contributed by atoms with Crippen LogP contribution < -0.4 is 4.74 Å². The van der Waals surface area contributed by atoms with Crippen LogP contribution in [0.3, 0.4) is 0 Å². The summed E-state index contributed by atoms with van der Waals surface area (Å²) in [6, 6.07) is 12.9. The Hall–Kier alpha value is -2.71. The fourth-order valence-electron chi connectivity index (χ4n) is 3.47. The Balaban J connectivity index is 1.54. The normalized spacial score (nSPS) is 17.6. The summed E-state index contributed by atoms with van der Waals surface area (Å²) in [6.07, 6.45) is 0.362. The SMILES string of the molecule is Cc1ccc(C)c(S(=O)(=O)N2CCC(Oc3ccccc3-c3nc(C)no3)C2)c1. The van der Waals surface area contributed by atoms with E-state index in [0.717, 1.165) is 11.1 Å². The number of nitrogens with zero attached hydrogens (tertiary/aromatic N) is 3. The summed E-state index contributed by atoms with van der Waals surface area (Å²) in [5.41, 5.74) is 2.37. The lowest BCUT2D eigenvalue weighted by atomic mass is 10.2. The third kappa shape index (κ3) is 3.90. The minimum absolute atomic E-state index is 0.250. The van der Waals surface area contributed by atoms with Crippen LogP contribution in [0.25, 0.3) is 11.5 Å². The van der Waals surface area contributed by atoms with E-state index >= 15 is 0 Å². The standard InChI is InChI=1S/C21H23N3O4S/c1-14-8-9-15(2)20(12-14)29(25,26)24-11-10-17(13-24)27-19-7-5-4-6-18(19)21-22-16(3)23-28-21/h4-9,12,17H,10-11,13H2,1-3H3. The molecule has 0 radical (unpaired) electrons. The maximum Gasteiger partial charge on any atom is 0.261 e. The number of sulfonamides is 1. The number of rotatable bonds is 5. The van der Waals surface area contributed by atoms with E-state index in [1.165, 1.54) is 4.31 Å². The molecule has 152 valence electrons. The fraction of sp³-hybridized carbons (Fsp3) is 0.333. The van der Waals surface area contributed by atoms with Gasteiger partial charge in [0, 0.05) is 6.54 Å². The van der Waals surface area contributed by atoms with Gasteiger partial charge in [0.1, 0.15) is 11.9 Å². The predicted octanol–water partition coefficient (Wildman–Crippen LogP) is 3.50. The first kappa shape index (κ1) is 19.6. The van der Waals surface area contributed by atoms with Crippen molar-refractivity contribution in [3.05, 3.63) is 59.4 Å². The molecule has 0 saturated carbocycles. The molecule has 1 aliphatic rings. The van der Waals surface area contributed by atoms with Gasteiger partial charge < -0.3 is 9.26 Å². The number of aromatic nitrogens is 2. The lowest BCUT2D eigenvalue weighted by Gasteiger charge is -2.19. The van der Waals surface area contributed by atoms with Gasteiger partial charge in [-0.3, -0.25) is 0 Å². The Bertz CT molecular complexity index is 1140. The predicted molar refractivity (Wildman–Crippen MR) is 108 cm³/mol. The van der Waals surface area contributed by atoms with E-state index in [4.69, 9.17) is 9.26 Å². The van der Waals surface area contributed by atoms with Gasteiger partial charge in [0.2, 0.25) is 10.0 Å². The molecule has 0 spiro atoms. The molecule has 0 bridgehead atoms. The highest BCUT2D eigenvalue weighted by Crippen LogP contribution is 2.32. The van der Waals surface area contributed by atoms with Crippen LogP contribution >= 0.6 is 0 Å². The Morgan fingerprint density at radius 3 is 2.69 bits per heavy atom. The van der Waals surface area contributed by atoms with Crippen molar-refractivity contribution in [2.24, 2.45) is 0 Å². The molecule has 1 saturated heterocycles. The molecule has 3 aromatic rings. The van der Waals surface area contributed by atoms with Crippen LogP contribution in [0.1, 0.15) is 23.4 Å². The highest BCUT2D eigenvalue weighted by atomic mass is 32.2. The topological polar surface area (TPSA) is 85.5 Å². The monoisotopic (exact) mass is 413 g/mol. The van der Waals surface area contributed by atoms with E-state index in [1.807, 2.05) is 50.2 Å². The molecular formula is C21H23N3O4S. The quantitative estimate of drug-likeness (QED) is 0.636. The summed E-state index contributed by atoms with van der Waals surface area (Å²) in [4.78, 5) is 4.62. The third-order valence-corrected chi connectivity index (χ3v) is 7.02. The van der Waals surface area contributed by atoms with Crippen LogP contribution in [0.2, 0.25) is 0 Å². The average Bonchev–Trinajstić information content (AvgIpc) is 3.34. The zero-order valence-electron chi connectivity index (χ0n) is 16.6. The molecule has 1 fully saturated rings. The molecule has 2 aromatic carbocycles. The van der Waals surface area contributed by atoms with Crippen molar-refractivity contribution in [3.8, 4) is 17.2 Å². The van der Waals surface area contributed by atoms with Crippen molar-refractivity contribution < 1.29 is 17.7 Å². The average molecular weight is 413 g/mol. The number of hydrogen-bond acceptors (Lipinski definition) is 6. The Morgan fingerprint density at radius 2 is 1.93 bits per heavy atom. The smallest absolute Gasteiger partial charge is 0.261 e. The van der Waals surface area contributed by atoms with Gasteiger partial charge in [-0.2, -0.15) is 9.29 Å². The number of hydrogen-bond donors (Lipinski definition) is 0. The summed E-state index contributed by atoms with van der Waals surface area (Å²) in [7, 11) is -3.56. The summed E-state index contributed by atoms with van der Waals surface area (Å²) < 4.78 is 39.2. The summed E-state index contributed by atoms with van der Waals surface area (Å²) >= 11 is 0. The Kier molecular flexibility index (Phi) is 5.14. The molecule has 1 aromatic heterocycles. The third-order valence-electron chi connectivity index (χ3n) is 5.01. The molecule has 0 N–H and O–H groups in total. The largest absolute Gasteiger partial charge is 0.488 e. The molecule has 4 rings (SSSR count). The molecule has 0 amide bonds. The van der Waals surface area contributed by atoms with E-state index in [2.05, 4.69) is 10.1 Å². The summed E-state index contributed by atoms with van der Waals surface area (Å²) in [5.74, 6) is 1.53. The van der Waals surface area contributed by atoms with Crippen molar-refractivity contribution in [1.82, 2.24) is 14.4 Å². The van der Waals surface area contributed by atoms with Gasteiger partial charge in [-0.15, -0.1) is 0 Å². The second-order valence-corrected chi connectivity index (χ2v) is 9.21. The molecule has 1 aliphatic heterocycles. The van der Waals surface area contributed by atoms with Gasteiger partial charge in [0.05, 0.1) is 17.0 Å². The van der Waals surface area contributed by atoms with Crippen LogP contribution in [0.5, 0.6) is 5.75 Å². The van der Waals surface area contributed by atoms with Gasteiger partial charge in [0.15, 0.2) is 5.82 Å². The van der Waals surface area contributed by atoms with E-state index in [1.54, 1.807) is 13.0 Å². The summed E-state index contributed by atoms with van der Waals surface area (Å²) in [5, 5.41) is 3.83. The van der Waals surface area contributed by atoms with E-state index < -0.39 is 10.0 Å². The minimum atomic E-state index is -3.56.